The van der Waals surface area contributed by atoms with E-state index in [1.807, 2.05) is 31.4 Å². The van der Waals surface area contributed by atoms with Gasteiger partial charge in [-0.3, -0.25) is 9.69 Å². The zero-order chi connectivity index (χ0) is 12.4. The average Bonchev–Trinajstić information content (AvgIpc) is 3.00. The molecule has 1 aromatic rings. The van der Waals surface area contributed by atoms with Crippen molar-refractivity contribution in [2.45, 2.75) is 44.8 Å². The number of hydrogen-bond acceptors (Lipinski definition) is 3. The Morgan fingerprint density at radius 3 is 2.94 bits per heavy atom. The summed E-state index contributed by atoms with van der Waals surface area (Å²) in [6.45, 7) is 2.54. The highest BCUT2D eigenvalue weighted by Crippen LogP contribution is 2.35. The van der Waals surface area contributed by atoms with E-state index in [4.69, 9.17) is 5.11 Å². The van der Waals surface area contributed by atoms with Gasteiger partial charge in [-0.05, 0) is 26.3 Å². The molecule has 1 N–H and O–H groups in total. The quantitative estimate of drug-likeness (QED) is 0.814. The number of aromatic nitrogens is 2. The zero-order valence-electron chi connectivity index (χ0n) is 10.3. The van der Waals surface area contributed by atoms with Gasteiger partial charge in [-0.1, -0.05) is 6.92 Å². The first kappa shape index (κ1) is 12.1. The molecule has 1 atom stereocenters. The van der Waals surface area contributed by atoms with Crippen LogP contribution in [0.2, 0.25) is 0 Å². The Morgan fingerprint density at radius 1 is 1.71 bits per heavy atom. The minimum atomic E-state index is -0.757. The Bertz CT molecular complexity index is 398. The smallest absolute Gasteiger partial charge is 0.320 e. The number of likely N-dealkylation sites (N-methyl/N-ethyl adjacent to an activating group) is 1. The van der Waals surface area contributed by atoms with E-state index in [1.54, 1.807) is 0 Å². The molecule has 1 saturated carbocycles. The summed E-state index contributed by atoms with van der Waals surface area (Å²) in [5.74, 6) is -0.757. The standard InChI is InChI=1S/C12H19N3O2/c1-3-11(12(16)17)14(2)7-10-6-13-8-15(10)9-4-5-9/h6,8-9,11H,3-5,7H2,1-2H3,(H,16,17). The van der Waals surface area contributed by atoms with Gasteiger partial charge < -0.3 is 9.67 Å². The number of carboxylic acid groups (broad SMARTS) is 1. The highest BCUT2D eigenvalue weighted by atomic mass is 16.4. The Morgan fingerprint density at radius 2 is 2.41 bits per heavy atom. The van der Waals surface area contributed by atoms with Crippen molar-refractivity contribution in [3.8, 4) is 0 Å². The first-order valence-electron chi connectivity index (χ1n) is 6.07. The maximum Gasteiger partial charge on any atom is 0.320 e. The summed E-state index contributed by atoms with van der Waals surface area (Å²) in [6, 6.07) is 0.170. The first-order chi connectivity index (χ1) is 8.13. The predicted molar refractivity (Wildman–Crippen MR) is 63.7 cm³/mol. The van der Waals surface area contributed by atoms with Crippen LogP contribution >= 0.6 is 0 Å². The molecular weight excluding hydrogens is 218 g/mol. The van der Waals surface area contributed by atoms with Crippen LogP contribution in [0.1, 0.15) is 37.9 Å². The third kappa shape index (κ3) is 2.66. The molecule has 1 aliphatic rings. The zero-order valence-corrected chi connectivity index (χ0v) is 10.3. The van der Waals surface area contributed by atoms with E-state index < -0.39 is 12.0 Å². The lowest BCUT2D eigenvalue weighted by Gasteiger charge is -2.23. The third-order valence-corrected chi connectivity index (χ3v) is 3.30. The van der Waals surface area contributed by atoms with Crippen molar-refractivity contribution < 1.29 is 9.90 Å². The van der Waals surface area contributed by atoms with Gasteiger partial charge in [0.25, 0.3) is 0 Å². The fourth-order valence-corrected chi connectivity index (χ4v) is 2.18. The van der Waals surface area contributed by atoms with E-state index in [2.05, 4.69) is 9.55 Å². The molecule has 0 bridgehead atoms. The molecule has 5 heteroatoms. The third-order valence-electron chi connectivity index (χ3n) is 3.30. The minimum absolute atomic E-state index is 0.419. The lowest BCUT2D eigenvalue weighted by Crippen LogP contribution is -2.37. The van der Waals surface area contributed by atoms with E-state index >= 15 is 0 Å². The summed E-state index contributed by atoms with van der Waals surface area (Å²) in [5, 5.41) is 9.10. The van der Waals surface area contributed by atoms with Gasteiger partial charge in [0.2, 0.25) is 0 Å². The van der Waals surface area contributed by atoms with Crippen LogP contribution in [0.5, 0.6) is 0 Å². The van der Waals surface area contributed by atoms with Gasteiger partial charge in [-0.15, -0.1) is 0 Å². The van der Waals surface area contributed by atoms with Gasteiger partial charge >= 0.3 is 5.97 Å². The molecule has 17 heavy (non-hydrogen) atoms. The summed E-state index contributed by atoms with van der Waals surface area (Å²) in [4.78, 5) is 17.1. The number of nitrogens with zero attached hydrogens (tertiary/aromatic N) is 3. The van der Waals surface area contributed by atoms with E-state index in [1.165, 1.54) is 12.8 Å². The molecule has 0 radical (unpaired) electrons. The number of carbonyl (C=O) groups is 1. The molecule has 0 aromatic carbocycles. The maximum absolute atomic E-state index is 11.1. The molecule has 0 amide bonds. The molecule has 1 aromatic heterocycles. The number of rotatable bonds is 6. The van der Waals surface area contributed by atoms with Crippen molar-refractivity contribution in [2.24, 2.45) is 0 Å². The second-order valence-electron chi connectivity index (χ2n) is 4.70. The molecular formula is C12H19N3O2. The topological polar surface area (TPSA) is 58.4 Å². The Kier molecular flexibility index (Phi) is 3.47. The minimum Gasteiger partial charge on any atom is -0.480 e. The van der Waals surface area contributed by atoms with Crippen LogP contribution < -0.4 is 0 Å². The SMILES string of the molecule is CCC(C(=O)O)N(C)Cc1cncn1C1CC1. The second-order valence-corrected chi connectivity index (χ2v) is 4.70. The van der Waals surface area contributed by atoms with Crippen molar-refractivity contribution in [2.75, 3.05) is 7.05 Å². The normalized spacial score (nSPS) is 17.4. The van der Waals surface area contributed by atoms with Crippen LogP contribution in [0.25, 0.3) is 0 Å². The lowest BCUT2D eigenvalue weighted by molar-refractivity contribution is -0.143. The molecule has 1 aliphatic carbocycles. The van der Waals surface area contributed by atoms with Crippen LogP contribution in [-0.2, 0) is 11.3 Å². The van der Waals surface area contributed by atoms with Gasteiger partial charge in [-0.2, -0.15) is 0 Å². The Labute approximate surface area is 101 Å². The van der Waals surface area contributed by atoms with E-state index in [0.29, 0.717) is 19.0 Å². The molecule has 0 saturated heterocycles. The van der Waals surface area contributed by atoms with Crippen LogP contribution in [0.15, 0.2) is 12.5 Å². The van der Waals surface area contributed by atoms with Crippen molar-refractivity contribution in [1.29, 1.82) is 0 Å². The predicted octanol–water partition coefficient (Wildman–Crippen LogP) is 1.51. The van der Waals surface area contributed by atoms with Gasteiger partial charge in [0.05, 0.1) is 12.0 Å². The maximum atomic E-state index is 11.1. The van der Waals surface area contributed by atoms with Crippen LogP contribution in [0, 0.1) is 0 Å². The summed E-state index contributed by atoms with van der Waals surface area (Å²) in [6.07, 6.45) is 6.72. The second kappa shape index (κ2) is 4.87. The molecule has 1 unspecified atom stereocenters. The fourth-order valence-electron chi connectivity index (χ4n) is 2.18. The van der Waals surface area contributed by atoms with Crippen LogP contribution in [0.3, 0.4) is 0 Å². The lowest BCUT2D eigenvalue weighted by atomic mass is 10.2. The van der Waals surface area contributed by atoms with E-state index in [0.717, 1.165) is 5.69 Å². The monoisotopic (exact) mass is 237 g/mol. The molecule has 5 nitrogen and oxygen atoms in total. The molecule has 2 rings (SSSR count). The van der Waals surface area contributed by atoms with Crippen molar-refractivity contribution in [1.82, 2.24) is 14.5 Å². The number of aliphatic carboxylic acids is 1. The van der Waals surface area contributed by atoms with Crippen molar-refractivity contribution in [3.05, 3.63) is 18.2 Å². The van der Waals surface area contributed by atoms with E-state index in [-0.39, 0.29) is 0 Å². The average molecular weight is 237 g/mol. The Hall–Kier alpha value is -1.36. The summed E-state index contributed by atoms with van der Waals surface area (Å²) >= 11 is 0. The van der Waals surface area contributed by atoms with Crippen molar-refractivity contribution in [3.63, 3.8) is 0 Å². The first-order valence-corrected chi connectivity index (χ1v) is 6.07. The van der Waals surface area contributed by atoms with Gasteiger partial charge in [0.1, 0.15) is 6.04 Å². The molecule has 0 aliphatic heterocycles. The summed E-state index contributed by atoms with van der Waals surface area (Å²) in [5.41, 5.74) is 1.11. The van der Waals surface area contributed by atoms with Gasteiger partial charge in [0.15, 0.2) is 0 Å². The van der Waals surface area contributed by atoms with Gasteiger partial charge in [-0.25, -0.2) is 4.98 Å². The number of imidazole rings is 1. The molecule has 1 heterocycles. The van der Waals surface area contributed by atoms with E-state index in [9.17, 15) is 4.79 Å². The molecule has 0 spiro atoms. The summed E-state index contributed by atoms with van der Waals surface area (Å²) in [7, 11) is 1.85. The molecule has 1 fully saturated rings. The number of carboxylic acids is 1. The van der Waals surface area contributed by atoms with Crippen LogP contribution in [0.4, 0.5) is 0 Å². The fraction of sp³-hybridized carbons (Fsp3) is 0.667. The largest absolute Gasteiger partial charge is 0.480 e. The highest BCUT2D eigenvalue weighted by molar-refractivity contribution is 5.73. The van der Waals surface area contributed by atoms with Crippen molar-refractivity contribution >= 4 is 5.97 Å². The highest BCUT2D eigenvalue weighted by Gasteiger charge is 2.27. The Balaban J connectivity index is 2.03. The molecule has 94 valence electrons. The number of hydrogen-bond donors (Lipinski definition) is 1. The van der Waals surface area contributed by atoms with Crippen LogP contribution in [-0.4, -0.2) is 38.6 Å². The summed E-state index contributed by atoms with van der Waals surface area (Å²) < 4.78 is 2.17. The van der Waals surface area contributed by atoms with Gasteiger partial charge in [0, 0.05) is 18.8 Å².